The van der Waals surface area contributed by atoms with Crippen molar-refractivity contribution in [3.8, 4) is 0 Å². The number of hydrogen-bond acceptors (Lipinski definition) is 3. The second-order valence-corrected chi connectivity index (χ2v) is 9.16. The van der Waals surface area contributed by atoms with E-state index in [1.54, 1.807) is 0 Å². The number of piperidine rings is 1. The first-order valence-corrected chi connectivity index (χ1v) is 8.90. The Bertz CT molecular complexity index is 542. The Morgan fingerprint density at radius 2 is 2.04 bits per heavy atom. The monoisotopic (exact) mass is 356 g/mol. The molecule has 1 saturated heterocycles. The van der Waals surface area contributed by atoms with E-state index in [0.29, 0.717) is 6.04 Å². The summed E-state index contributed by atoms with van der Waals surface area (Å²) in [7, 11) is 0. The van der Waals surface area contributed by atoms with Gasteiger partial charge in [0.2, 0.25) is 5.91 Å². The summed E-state index contributed by atoms with van der Waals surface area (Å²) < 4.78 is 0.197. The fraction of sp³-hybridized carbons (Fsp3) is 0.611. The molecular formula is C18H29ClN2OS. The predicted octanol–water partition coefficient (Wildman–Crippen LogP) is 4.63. The topological polar surface area (TPSA) is 41.1 Å². The first-order chi connectivity index (χ1) is 10.2. The van der Waals surface area contributed by atoms with Crippen LogP contribution in [-0.2, 0) is 4.79 Å². The molecule has 1 aliphatic heterocycles. The lowest BCUT2D eigenvalue weighted by Gasteiger charge is -2.27. The van der Waals surface area contributed by atoms with Crippen LogP contribution in [0, 0.1) is 12.8 Å². The van der Waals surface area contributed by atoms with Crippen molar-refractivity contribution in [2.45, 2.75) is 63.1 Å². The van der Waals surface area contributed by atoms with Crippen LogP contribution in [0.5, 0.6) is 0 Å². The largest absolute Gasteiger partial charge is 0.326 e. The first-order valence-electron chi connectivity index (χ1n) is 8.08. The fourth-order valence-electron chi connectivity index (χ4n) is 2.80. The van der Waals surface area contributed by atoms with Crippen molar-refractivity contribution in [3.63, 3.8) is 0 Å². The average molecular weight is 357 g/mol. The van der Waals surface area contributed by atoms with Gasteiger partial charge < -0.3 is 10.6 Å². The van der Waals surface area contributed by atoms with Crippen molar-refractivity contribution in [2.75, 3.05) is 11.9 Å². The molecule has 0 radical (unpaired) electrons. The third-order valence-electron chi connectivity index (χ3n) is 3.87. The van der Waals surface area contributed by atoms with Gasteiger partial charge in [-0.2, -0.15) is 0 Å². The molecule has 0 aromatic heterocycles. The Balaban J connectivity index is 0.00000264. The van der Waals surface area contributed by atoms with Gasteiger partial charge in [0.1, 0.15) is 0 Å². The van der Waals surface area contributed by atoms with Crippen LogP contribution < -0.4 is 10.6 Å². The van der Waals surface area contributed by atoms with Crippen molar-refractivity contribution in [3.05, 3.63) is 23.8 Å². The molecule has 130 valence electrons. The van der Waals surface area contributed by atoms with Crippen LogP contribution in [0.25, 0.3) is 0 Å². The third-order valence-corrected chi connectivity index (χ3v) is 4.98. The summed E-state index contributed by atoms with van der Waals surface area (Å²) in [5.41, 5.74) is 2.07. The lowest BCUT2D eigenvalue weighted by Crippen LogP contribution is -2.40. The smallest absolute Gasteiger partial charge is 0.227 e. The summed E-state index contributed by atoms with van der Waals surface area (Å²) in [6.45, 7) is 11.8. The number of anilines is 1. The number of aryl methyl sites for hydroxylation is 1. The van der Waals surface area contributed by atoms with Gasteiger partial charge >= 0.3 is 0 Å². The Labute approximate surface area is 150 Å². The van der Waals surface area contributed by atoms with Gasteiger partial charge in [-0.25, -0.2) is 0 Å². The molecule has 3 nitrogen and oxygen atoms in total. The van der Waals surface area contributed by atoms with E-state index in [1.165, 1.54) is 4.90 Å². The van der Waals surface area contributed by atoms with E-state index in [2.05, 4.69) is 57.4 Å². The summed E-state index contributed by atoms with van der Waals surface area (Å²) in [5, 5.41) is 6.50. The van der Waals surface area contributed by atoms with E-state index in [0.717, 1.165) is 30.6 Å². The van der Waals surface area contributed by atoms with Gasteiger partial charge in [0.25, 0.3) is 0 Å². The molecule has 1 fully saturated rings. The molecule has 1 aromatic carbocycles. The van der Waals surface area contributed by atoms with Gasteiger partial charge in [-0.05, 0) is 57.0 Å². The van der Waals surface area contributed by atoms with Gasteiger partial charge in [0, 0.05) is 27.3 Å². The molecule has 0 saturated carbocycles. The van der Waals surface area contributed by atoms with E-state index in [9.17, 15) is 4.79 Å². The normalized spacial score (nSPS) is 21.4. The highest BCUT2D eigenvalue weighted by Crippen LogP contribution is 2.33. The van der Waals surface area contributed by atoms with Gasteiger partial charge in [-0.3, -0.25) is 4.79 Å². The van der Waals surface area contributed by atoms with Crippen molar-refractivity contribution in [1.29, 1.82) is 0 Å². The minimum absolute atomic E-state index is 0. The number of carbonyl (C=O) groups is 1. The number of thioether (sulfide) groups is 1. The SMILES string of the molecule is Cc1cc(SC(C)(C)C)ccc1NC(=O)[C@H]1CCN[C@@H](C)C1.Cl. The Morgan fingerprint density at radius 1 is 1.35 bits per heavy atom. The highest BCUT2D eigenvalue weighted by atomic mass is 35.5. The highest BCUT2D eigenvalue weighted by molar-refractivity contribution is 8.00. The predicted molar refractivity (Wildman–Crippen MR) is 103 cm³/mol. The molecule has 5 heteroatoms. The number of hydrogen-bond donors (Lipinski definition) is 2. The minimum atomic E-state index is 0. The molecule has 23 heavy (non-hydrogen) atoms. The standard InChI is InChI=1S/C18H28N2OS.ClH/c1-12-10-15(22-18(3,4)5)6-7-16(12)20-17(21)14-8-9-19-13(2)11-14;/h6-7,10,13-14,19H,8-9,11H2,1-5H3,(H,20,21);1H/t13-,14-;/m0./s1. The fourth-order valence-corrected chi connectivity index (χ4v) is 3.88. The zero-order chi connectivity index (χ0) is 16.3. The minimum Gasteiger partial charge on any atom is -0.326 e. The molecule has 0 unspecified atom stereocenters. The molecule has 0 aliphatic carbocycles. The second kappa shape index (κ2) is 8.41. The maximum absolute atomic E-state index is 12.4. The van der Waals surface area contributed by atoms with Crippen LogP contribution in [0.15, 0.2) is 23.1 Å². The van der Waals surface area contributed by atoms with E-state index in [1.807, 2.05) is 17.8 Å². The average Bonchev–Trinajstić information content (AvgIpc) is 2.40. The zero-order valence-corrected chi connectivity index (χ0v) is 16.4. The maximum Gasteiger partial charge on any atom is 0.227 e. The summed E-state index contributed by atoms with van der Waals surface area (Å²) >= 11 is 1.85. The van der Waals surface area contributed by atoms with Gasteiger partial charge in [-0.1, -0.05) is 20.8 Å². The van der Waals surface area contributed by atoms with E-state index < -0.39 is 0 Å². The third kappa shape index (κ3) is 6.36. The Kier molecular flexibility index (Phi) is 7.43. The van der Waals surface area contributed by atoms with Gasteiger partial charge in [0.05, 0.1) is 0 Å². The molecule has 1 amide bonds. The molecule has 1 aromatic rings. The highest BCUT2D eigenvalue weighted by Gasteiger charge is 2.25. The molecule has 1 aliphatic rings. The molecule has 0 bridgehead atoms. The number of nitrogens with one attached hydrogen (secondary N) is 2. The summed E-state index contributed by atoms with van der Waals surface area (Å²) in [4.78, 5) is 13.7. The van der Waals surface area contributed by atoms with Crippen molar-refractivity contribution in [1.82, 2.24) is 5.32 Å². The van der Waals surface area contributed by atoms with Crippen molar-refractivity contribution in [2.24, 2.45) is 5.92 Å². The van der Waals surface area contributed by atoms with E-state index in [-0.39, 0.29) is 29.0 Å². The van der Waals surface area contributed by atoms with Gasteiger partial charge in [0.15, 0.2) is 0 Å². The summed E-state index contributed by atoms with van der Waals surface area (Å²) in [6.07, 6.45) is 1.84. The van der Waals surface area contributed by atoms with Crippen LogP contribution in [0.2, 0.25) is 0 Å². The zero-order valence-electron chi connectivity index (χ0n) is 14.7. The molecular weight excluding hydrogens is 328 g/mol. The van der Waals surface area contributed by atoms with Crippen LogP contribution in [0.4, 0.5) is 5.69 Å². The molecule has 2 rings (SSSR count). The Morgan fingerprint density at radius 3 is 2.61 bits per heavy atom. The summed E-state index contributed by atoms with van der Waals surface area (Å²) in [5.74, 6) is 0.284. The molecule has 2 atom stereocenters. The lowest BCUT2D eigenvalue weighted by atomic mass is 9.92. The quantitative estimate of drug-likeness (QED) is 0.775. The van der Waals surface area contributed by atoms with Crippen LogP contribution in [-0.4, -0.2) is 23.2 Å². The maximum atomic E-state index is 12.4. The Hall–Kier alpha value is -0.710. The number of halogens is 1. The van der Waals surface area contributed by atoms with Crippen LogP contribution in [0.1, 0.15) is 46.1 Å². The van der Waals surface area contributed by atoms with Crippen molar-refractivity contribution >= 4 is 35.8 Å². The first kappa shape index (κ1) is 20.3. The van der Waals surface area contributed by atoms with E-state index in [4.69, 9.17) is 0 Å². The molecule has 1 heterocycles. The molecule has 0 spiro atoms. The number of carbonyl (C=O) groups excluding carboxylic acids is 1. The summed E-state index contributed by atoms with van der Waals surface area (Å²) in [6, 6.07) is 6.72. The lowest BCUT2D eigenvalue weighted by molar-refractivity contribution is -0.120. The number of benzene rings is 1. The number of amides is 1. The number of rotatable bonds is 3. The van der Waals surface area contributed by atoms with Crippen LogP contribution in [0.3, 0.4) is 0 Å². The van der Waals surface area contributed by atoms with Crippen molar-refractivity contribution < 1.29 is 4.79 Å². The van der Waals surface area contributed by atoms with Crippen LogP contribution >= 0.6 is 24.2 Å². The van der Waals surface area contributed by atoms with E-state index >= 15 is 0 Å². The second-order valence-electron chi connectivity index (χ2n) is 7.26. The van der Waals surface area contributed by atoms with Gasteiger partial charge in [-0.15, -0.1) is 24.2 Å². The molecule has 2 N–H and O–H groups in total.